The predicted octanol–water partition coefficient (Wildman–Crippen LogP) is 4.99. The summed E-state index contributed by atoms with van der Waals surface area (Å²) >= 11 is 0. The minimum Gasteiger partial charge on any atom is -0.468 e. The van der Waals surface area contributed by atoms with Crippen molar-refractivity contribution >= 4 is 28.8 Å². The van der Waals surface area contributed by atoms with Crippen molar-refractivity contribution < 1.29 is 28.6 Å². The van der Waals surface area contributed by atoms with Crippen LogP contribution >= 0.6 is 0 Å². The highest BCUT2D eigenvalue weighted by Gasteiger charge is 2.63. The summed E-state index contributed by atoms with van der Waals surface area (Å²) in [6.07, 6.45) is 2.88. The zero-order chi connectivity index (χ0) is 25.5. The molecule has 2 aliphatic carbocycles. The van der Waals surface area contributed by atoms with Gasteiger partial charge in [0, 0.05) is 17.8 Å². The van der Waals surface area contributed by atoms with Gasteiger partial charge in [-0.15, -0.1) is 0 Å². The van der Waals surface area contributed by atoms with Crippen LogP contribution < -0.4 is 0 Å². The number of aromatic amines is 1. The Kier molecular flexibility index (Phi) is 6.56. The number of rotatable bonds is 5. The third kappa shape index (κ3) is 3.95. The van der Waals surface area contributed by atoms with Crippen molar-refractivity contribution in [3.05, 3.63) is 47.7 Å². The smallest absolute Gasteiger partial charge is 0.354 e. The van der Waals surface area contributed by atoms with Crippen molar-refractivity contribution in [3.63, 3.8) is 0 Å². The van der Waals surface area contributed by atoms with Crippen LogP contribution in [0.1, 0.15) is 62.5 Å². The standard InChI is InChI=1S/C28H35NO6/c1-16-11-12-22-27(3,14-13-23(35-17(2)30)28(22,4)26(32)34-6)20(16)15-19-18-9-7-8-10-21(18)29-24(19)25(31)33-5/h7-10,20,22-23,29H,1,11-15H2,2-6H3/t20?,22?,23-,27+,28?/m0/s1. The first kappa shape index (κ1) is 25.0. The van der Waals surface area contributed by atoms with E-state index in [0.29, 0.717) is 18.5 Å². The van der Waals surface area contributed by atoms with Gasteiger partial charge in [-0.25, -0.2) is 4.79 Å². The van der Waals surface area contributed by atoms with E-state index in [-0.39, 0.29) is 23.2 Å². The van der Waals surface area contributed by atoms with Gasteiger partial charge in [-0.2, -0.15) is 0 Å². The molecule has 2 aliphatic rings. The molecular weight excluding hydrogens is 446 g/mol. The zero-order valence-corrected chi connectivity index (χ0v) is 21.2. The topological polar surface area (TPSA) is 94.7 Å². The Balaban J connectivity index is 1.80. The average molecular weight is 482 g/mol. The number of aromatic nitrogens is 1. The summed E-state index contributed by atoms with van der Waals surface area (Å²) in [4.78, 5) is 41.1. The molecule has 7 nitrogen and oxygen atoms in total. The first-order valence-electron chi connectivity index (χ1n) is 12.2. The monoisotopic (exact) mass is 481 g/mol. The van der Waals surface area contributed by atoms with Gasteiger partial charge in [0.1, 0.15) is 17.2 Å². The minimum atomic E-state index is -0.974. The molecule has 1 heterocycles. The number of nitrogens with one attached hydrogen (secondary N) is 1. The molecule has 7 heteroatoms. The van der Waals surface area contributed by atoms with Crippen LogP contribution in [-0.2, 0) is 30.2 Å². The van der Waals surface area contributed by atoms with Gasteiger partial charge in [0.2, 0.25) is 0 Å². The van der Waals surface area contributed by atoms with E-state index in [0.717, 1.165) is 41.3 Å². The van der Waals surface area contributed by atoms with Crippen LogP contribution in [0.25, 0.3) is 10.9 Å². The van der Waals surface area contributed by atoms with E-state index in [2.05, 4.69) is 18.5 Å². The van der Waals surface area contributed by atoms with Crippen LogP contribution in [0.2, 0.25) is 0 Å². The van der Waals surface area contributed by atoms with Crippen LogP contribution in [0.15, 0.2) is 36.4 Å². The number of carbonyl (C=O) groups excluding carboxylic acids is 3. The van der Waals surface area contributed by atoms with Crippen molar-refractivity contribution in [1.29, 1.82) is 0 Å². The molecule has 0 saturated heterocycles. The number of hydrogen-bond acceptors (Lipinski definition) is 6. The number of H-pyrrole nitrogens is 1. The molecule has 0 bridgehead atoms. The lowest BCUT2D eigenvalue weighted by Gasteiger charge is -2.59. The van der Waals surface area contributed by atoms with Crippen molar-refractivity contribution in [2.24, 2.45) is 22.7 Å². The number of esters is 3. The van der Waals surface area contributed by atoms with E-state index in [9.17, 15) is 14.4 Å². The summed E-state index contributed by atoms with van der Waals surface area (Å²) in [6.45, 7) is 9.91. The molecule has 1 N–H and O–H groups in total. The third-order valence-electron chi connectivity index (χ3n) is 8.72. The molecule has 5 atom stereocenters. The van der Waals surface area contributed by atoms with Crippen molar-refractivity contribution in [1.82, 2.24) is 4.98 Å². The number of methoxy groups -OCH3 is 2. The van der Waals surface area contributed by atoms with E-state index in [4.69, 9.17) is 14.2 Å². The van der Waals surface area contributed by atoms with Gasteiger partial charge in [-0.05, 0) is 67.9 Å². The molecule has 0 amide bonds. The molecule has 188 valence electrons. The van der Waals surface area contributed by atoms with Crippen LogP contribution in [0.3, 0.4) is 0 Å². The Morgan fingerprint density at radius 2 is 1.83 bits per heavy atom. The largest absolute Gasteiger partial charge is 0.468 e. The molecule has 2 fully saturated rings. The maximum absolute atomic E-state index is 13.2. The number of allylic oxidation sites excluding steroid dienone is 1. The highest BCUT2D eigenvalue weighted by atomic mass is 16.6. The maximum atomic E-state index is 13.2. The van der Waals surface area contributed by atoms with Crippen LogP contribution in [0.5, 0.6) is 0 Å². The summed E-state index contributed by atoms with van der Waals surface area (Å²) < 4.78 is 16.0. The van der Waals surface area contributed by atoms with Gasteiger partial charge in [-0.1, -0.05) is 37.3 Å². The Morgan fingerprint density at radius 3 is 2.49 bits per heavy atom. The first-order valence-corrected chi connectivity index (χ1v) is 12.2. The lowest BCUT2D eigenvalue weighted by molar-refractivity contribution is -0.196. The number of para-hydroxylation sites is 1. The zero-order valence-electron chi connectivity index (χ0n) is 21.2. The third-order valence-corrected chi connectivity index (χ3v) is 8.72. The Bertz CT molecular complexity index is 1180. The van der Waals surface area contributed by atoms with Gasteiger partial charge in [-0.3, -0.25) is 9.59 Å². The van der Waals surface area contributed by atoms with Crippen LogP contribution in [0.4, 0.5) is 0 Å². The second kappa shape index (κ2) is 9.17. The van der Waals surface area contributed by atoms with E-state index in [1.807, 2.05) is 31.2 Å². The molecule has 1 aromatic heterocycles. The molecule has 4 rings (SSSR count). The number of ether oxygens (including phenoxy) is 3. The molecule has 2 saturated carbocycles. The van der Waals surface area contributed by atoms with E-state index in [1.165, 1.54) is 21.1 Å². The van der Waals surface area contributed by atoms with Crippen LogP contribution in [-0.4, -0.2) is 43.2 Å². The number of hydrogen-bond donors (Lipinski definition) is 1. The fourth-order valence-electron chi connectivity index (χ4n) is 6.99. The molecule has 0 radical (unpaired) electrons. The number of benzene rings is 1. The summed E-state index contributed by atoms with van der Waals surface area (Å²) in [5.41, 5.74) is 2.07. The van der Waals surface area contributed by atoms with Crippen LogP contribution in [0, 0.1) is 22.7 Å². The number of carbonyl (C=O) groups is 3. The Hall–Kier alpha value is -3.09. The normalized spacial score (nSPS) is 30.4. The van der Waals surface area contributed by atoms with Gasteiger partial charge in [0.15, 0.2) is 0 Å². The van der Waals surface area contributed by atoms with E-state index in [1.54, 1.807) is 0 Å². The minimum absolute atomic E-state index is 0.0196. The summed E-state index contributed by atoms with van der Waals surface area (Å²) in [6, 6.07) is 7.84. The lowest BCUT2D eigenvalue weighted by Crippen LogP contribution is -2.60. The van der Waals surface area contributed by atoms with Crippen molar-refractivity contribution in [2.45, 2.75) is 59.0 Å². The predicted molar refractivity (Wildman–Crippen MR) is 132 cm³/mol. The highest BCUT2D eigenvalue weighted by Crippen LogP contribution is 2.62. The van der Waals surface area contributed by atoms with Gasteiger partial charge in [0.05, 0.1) is 14.2 Å². The summed E-state index contributed by atoms with van der Waals surface area (Å²) in [5.74, 6) is -1.22. The SMILES string of the molecule is C=C1CCC2C(C)(C(=O)OC)[C@@H](OC(C)=O)CC[C@]2(C)C1Cc1c(C(=O)OC)[nH]c2ccccc12. The molecular formula is C28H35NO6. The molecule has 35 heavy (non-hydrogen) atoms. The van der Waals surface area contributed by atoms with E-state index >= 15 is 0 Å². The average Bonchev–Trinajstić information content (AvgIpc) is 3.20. The number of fused-ring (bicyclic) bond motifs is 2. The molecule has 0 spiro atoms. The van der Waals surface area contributed by atoms with Gasteiger partial charge < -0.3 is 19.2 Å². The fourth-order valence-corrected chi connectivity index (χ4v) is 6.99. The Labute approximate surface area is 206 Å². The van der Waals surface area contributed by atoms with Crippen molar-refractivity contribution in [3.8, 4) is 0 Å². The summed E-state index contributed by atoms with van der Waals surface area (Å²) in [7, 11) is 2.77. The Morgan fingerprint density at radius 1 is 1.11 bits per heavy atom. The highest BCUT2D eigenvalue weighted by molar-refractivity contribution is 5.98. The van der Waals surface area contributed by atoms with Gasteiger partial charge >= 0.3 is 17.9 Å². The fraction of sp³-hybridized carbons (Fsp3) is 0.536. The second-order valence-electron chi connectivity index (χ2n) is 10.4. The van der Waals surface area contributed by atoms with Gasteiger partial charge in [0.25, 0.3) is 0 Å². The van der Waals surface area contributed by atoms with E-state index < -0.39 is 23.5 Å². The quantitative estimate of drug-likeness (QED) is 0.367. The molecule has 0 aliphatic heterocycles. The van der Waals surface area contributed by atoms with Crippen molar-refractivity contribution in [2.75, 3.05) is 14.2 Å². The maximum Gasteiger partial charge on any atom is 0.354 e. The molecule has 2 aromatic rings. The summed E-state index contributed by atoms with van der Waals surface area (Å²) in [5, 5.41) is 0.982. The second-order valence-corrected chi connectivity index (χ2v) is 10.4. The molecule has 3 unspecified atom stereocenters. The lowest BCUT2D eigenvalue weighted by atomic mass is 9.45. The molecule has 1 aromatic carbocycles. The first-order chi connectivity index (χ1) is 16.6.